The van der Waals surface area contributed by atoms with Crippen LogP contribution >= 0.6 is 0 Å². The zero-order chi connectivity index (χ0) is 17.9. The molecular formula is C17H16FN3O3S. The number of aromatic nitrogens is 2. The summed E-state index contributed by atoms with van der Waals surface area (Å²) >= 11 is 0. The van der Waals surface area contributed by atoms with E-state index in [2.05, 4.69) is 14.9 Å². The first-order valence-corrected chi connectivity index (χ1v) is 9.18. The summed E-state index contributed by atoms with van der Waals surface area (Å²) in [4.78, 5) is 4.13. The average Bonchev–Trinajstić information content (AvgIpc) is 2.96. The molecule has 0 aliphatic heterocycles. The molecule has 130 valence electrons. The van der Waals surface area contributed by atoms with Gasteiger partial charge in [-0.2, -0.15) is 4.98 Å². The van der Waals surface area contributed by atoms with Crippen LogP contribution < -0.4 is 4.72 Å². The number of hydrogen-bond acceptors (Lipinski definition) is 5. The second kappa shape index (κ2) is 7.02. The lowest BCUT2D eigenvalue weighted by Crippen LogP contribution is -2.16. The monoisotopic (exact) mass is 361 g/mol. The molecule has 3 rings (SSSR count). The number of aryl methyl sites for hydroxylation is 1. The number of nitrogens with one attached hydrogen (secondary N) is 1. The minimum Gasteiger partial charge on any atom is -0.339 e. The lowest BCUT2D eigenvalue weighted by Gasteiger charge is -2.11. The average molecular weight is 361 g/mol. The van der Waals surface area contributed by atoms with Crippen LogP contribution in [0.5, 0.6) is 0 Å². The van der Waals surface area contributed by atoms with Gasteiger partial charge in [0.1, 0.15) is 5.82 Å². The maximum Gasteiger partial charge on any atom is 0.236 e. The molecule has 2 aromatic carbocycles. The number of anilines is 1. The minimum atomic E-state index is -3.65. The van der Waals surface area contributed by atoms with Crippen molar-refractivity contribution < 1.29 is 17.3 Å². The highest BCUT2D eigenvalue weighted by Gasteiger charge is 2.15. The van der Waals surface area contributed by atoms with Crippen molar-refractivity contribution in [1.29, 1.82) is 0 Å². The summed E-state index contributed by atoms with van der Waals surface area (Å²) in [5.41, 5.74) is 1.66. The number of halogens is 1. The van der Waals surface area contributed by atoms with Gasteiger partial charge in [0.25, 0.3) is 0 Å². The van der Waals surface area contributed by atoms with E-state index in [1.165, 1.54) is 24.3 Å². The maximum atomic E-state index is 12.9. The van der Waals surface area contributed by atoms with Gasteiger partial charge >= 0.3 is 0 Å². The van der Waals surface area contributed by atoms with E-state index >= 15 is 0 Å². The van der Waals surface area contributed by atoms with Gasteiger partial charge in [-0.1, -0.05) is 35.5 Å². The smallest absolute Gasteiger partial charge is 0.236 e. The quantitative estimate of drug-likeness (QED) is 0.729. The van der Waals surface area contributed by atoms with E-state index in [0.29, 0.717) is 35.0 Å². The fourth-order valence-electron chi connectivity index (χ4n) is 2.35. The summed E-state index contributed by atoms with van der Waals surface area (Å²) in [6.07, 6.45) is 0.316. The van der Waals surface area contributed by atoms with Gasteiger partial charge in [-0.05, 0) is 36.2 Å². The predicted octanol–water partition coefficient (Wildman–Crippen LogP) is 3.05. The molecule has 0 atom stereocenters. The first kappa shape index (κ1) is 17.1. The first-order chi connectivity index (χ1) is 11.9. The van der Waals surface area contributed by atoms with Crippen molar-refractivity contribution >= 4 is 15.7 Å². The molecule has 6 nitrogen and oxygen atoms in total. The molecule has 0 bridgehead atoms. The van der Waals surface area contributed by atoms with Crippen LogP contribution in [0.2, 0.25) is 0 Å². The molecule has 3 aromatic rings. The van der Waals surface area contributed by atoms with Crippen LogP contribution in [0.1, 0.15) is 22.8 Å². The lowest BCUT2D eigenvalue weighted by atomic mass is 10.1. The highest BCUT2D eigenvalue weighted by molar-refractivity contribution is 7.91. The maximum absolute atomic E-state index is 12.9. The zero-order valence-electron chi connectivity index (χ0n) is 13.4. The van der Waals surface area contributed by atoms with Crippen molar-refractivity contribution in [2.45, 2.75) is 19.1 Å². The van der Waals surface area contributed by atoms with E-state index < -0.39 is 15.8 Å². The Morgan fingerprint density at radius 2 is 1.84 bits per heavy atom. The molecular weight excluding hydrogens is 345 g/mol. The van der Waals surface area contributed by atoms with Crippen molar-refractivity contribution in [3.8, 4) is 0 Å². The third kappa shape index (κ3) is 4.63. The largest absolute Gasteiger partial charge is 0.339 e. The second-order valence-corrected chi connectivity index (χ2v) is 7.28. The normalized spacial score (nSPS) is 11.4. The highest BCUT2D eigenvalue weighted by atomic mass is 32.2. The van der Waals surface area contributed by atoms with Crippen molar-refractivity contribution in [1.82, 2.24) is 10.1 Å². The van der Waals surface area contributed by atoms with Crippen LogP contribution in [-0.2, 0) is 22.2 Å². The Morgan fingerprint density at radius 1 is 1.12 bits per heavy atom. The third-order valence-electron chi connectivity index (χ3n) is 3.46. The summed E-state index contributed by atoms with van der Waals surface area (Å²) in [7, 11) is -3.65. The fourth-order valence-corrected chi connectivity index (χ4v) is 3.59. The van der Waals surface area contributed by atoms with E-state index in [0.717, 1.165) is 0 Å². The molecule has 0 saturated heterocycles. The van der Waals surface area contributed by atoms with Gasteiger partial charge < -0.3 is 4.52 Å². The topological polar surface area (TPSA) is 85.1 Å². The molecule has 0 aliphatic rings. The molecule has 0 unspecified atom stereocenters. The van der Waals surface area contributed by atoms with E-state index in [9.17, 15) is 12.8 Å². The molecule has 0 saturated carbocycles. The molecule has 0 fully saturated rings. The summed E-state index contributed by atoms with van der Waals surface area (Å²) in [5, 5.41) is 3.72. The Balaban J connectivity index is 1.78. The van der Waals surface area contributed by atoms with Crippen LogP contribution in [0.25, 0.3) is 0 Å². The fraction of sp³-hybridized carbons (Fsp3) is 0.176. The summed E-state index contributed by atoms with van der Waals surface area (Å²) in [5.74, 6) is 0.266. The molecule has 8 heteroatoms. The Morgan fingerprint density at radius 3 is 2.52 bits per heavy atom. The molecule has 1 aromatic heterocycles. The molecule has 0 spiro atoms. The Labute approximate surface area is 144 Å². The van der Waals surface area contributed by atoms with E-state index in [1.54, 1.807) is 31.2 Å². The summed E-state index contributed by atoms with van der Waals surface area (Å²) in [6.45, 7) is 1.71. The number of sulfonamides is 1. The van der Waals surface area contributed by atoms with Crippen molar-refractivity contribution in [2.75, 3.05) is 4.72 Å². The Hall–Kier alpha value is -2.74. The van der Waals surface area contributed by atoms with Crippen LogP contribution in [0.15, 0.2) is 53.1 Å². The molecule has 0 aliphatic carbocycles. The number of benzene rings is 2. The van der Waals surface area contributed by atoms with Crippen molar-refractivity contribution in [3.63, 3.8) is 0 Å². The molecule has 0 amide bonds. The standard InChI is InChI=1S/C17H16FN3O3S/c1-12-19-17(24-20-12)10-14-4-2-3-5-16(14)21-25(22,23)11-13-6-8-15(18)9-7-13/h2-9,21H,10-11H2,1H3. The molecule has 25 heavy (non-hydrogen) atoms. The molecule has 1 heterocycles. The van der Waals surface area contributed by atoms with Crippen molar-refractivity contribution in [2.24, 2.45) is 0 Å². The van der Waals surface area contributed by atoms with Gasteiger partial charge in [-0.15, -0.1) is 0 Å². The Bertz CT molecular complexity index is 969. The van der Waals surface area contributed by atoms with E-state index in [1.807, 2.05) is 0 Å². The number of rotatable bonds is 6. The van der Waals surface area contributed by atoms with Crippen LogP contribution in [0, 0.1) is 12.7 Å². The van der Waals surface area contributed by atoms with E-state index in [-0.39, 0.29) is 5.75 Å². The SMILES string of the molecule is Cc1noc(Cc2ccccc2NS(=O)(=O)Cc2ccc(F)cc2)n1. The summed E-state index contributed by atoms with van der Waals surface area (Å²) in [6, 6.07) is 12.3. The number of para-hydroxylation sites is 1. The molecule has 1 N–H and O–H groups in total. The van der Waals surface area contributed by atoms with Gasteiger partial charge in [0.2, 0.25) is 15.9 Å². The van der Waals surface area contributed by atoms with Gasteiger partial charge in [0, 0.05) is 0 Å². The van der Waals surface area contributed by atoms with Crippen LogP contribution in [0.3, 0.4) is 0 Å². The number of hydrogen-bond donors (Lipinski definition) is 1. The van der Waals surface area contributed by atoms with Gasteiger partial charge in [0.15, 0.2) is 5.82 Å². The van der Waals surface area contributed by atoms with E-state index in [4.69, 9.17) is 4.52 Å². The summed E-state index contributed by atoms with van der Waals surface area (Å²) < 4.78 is 45.4. The third-order valence-corrected chi connectivity index (χ3v) is 4.71. The zero-order valence-corrected chi connectivity index (χ0v) is 14.3. The molecule has 0 radical (unpaired) electrons. The minimum absolute atomic E-state index is 0.249. The van der Waals surface area contributed by atoms with Crippen LogP contribution in [-0.4, -0.2) is 18.6 Å². The Kier molecular flexibility index (Phi) is 4.80. The highest BCUT2D eigenvalue weighted by Crippen LogP contribution is 2.21. The predicted molar refractivity (Wildman–Crippen MR) is 90.9 cm³/mol. The number of nitrogens with zero attached hydrogens (tertiary/aromatic N) is 2. The van der Waals surface area contributed by atoms with Crippen molar-refractivity contribution in [3.05, 3.63) is 77.2 Å². The second-order valence-electron chi connectivity index (χ2n) is 5.56. The first-order valence-electron chi connectivity index (χ1n) is 7.53. The van der Waals surface area contributed by atoms with Gasteiger partial charge in [-0.3, -0.25) is 4.72 Å². The lowest BCUT2D eigenvalue weighted by molar-refractivity contribution is 0.381. The van der Waals surface area contributed by atoms with Gasteiger partial charge in [-0.25, -0.2) is 12.8 Å². The van der Waals surface area contributed by atoms with Crippen LogP contribution in [0.4, 0.5) is 10.1 Å². The van der Waals surface area contributed by atoms with Gasteiger partial charge in [0.05, 0.1) is 17.9 Å².